The van der Waals surface area contributed by atoms with Gasteiger partial charge in [0.25, 0.3) is 5.91 Å². The third-order valence-corrected chi connectivity index (χ3v) is 2.69. The lowest BCUT2D eigenvalue weighted by molar-refractivity contribution is 0.0868. The molecule has 2 N–H and O–H groups in total. The van der Waals surface area contributed by atoms with Crippen LogP contribution in [-0.4, -0.2) is 28.1 Å². The molecule has 0 saturated heterocycles. The van der Waals surface area contributed by atoms with Crippen LogP contribution in [0.1, 0.15) is 29.8 Å². The number of nitrogens with one attached hydrogen (secondary N) is 1. The minimum atomic E-state index is -0.405. The molecule has 1 amide bonds. The van der Waals surface area contributed by atoms with Gasteiger partial charge in [0.05, 0.1) is 12.1 Å². The van der Waals surface area contributed by atoms with Gasteiger partial charge in [-0.2, -0.15) is 0 Å². The second kappa shape index (κ2) is 4.40. The number of carbonyl (C=O) groups is 1. The van der Waals surface area contributed by atoms with Gasteiger partial charge in [-0.05, 0) is 31.4 Å². The van der Waals surface area contributed by atoms with E-state index < -0.39 is 6.10 Å². The first kappa shape index (κ1) is 10.1. The first-order chi connectivity index (χ1) is 7.27. The molecule has 0 aliphatic heterocycles. The average Bonchev–Trinajstić information content (AvgIpc) is 2.66. The van der Waals surface area contributed by atoms with Gasteiger partial charge in [0.2, 0.25) is 0 Å². The predicted molar refractivity (Wildman–Crippen MR) is 55.3 cm³/mol. The Kier molecular flexibility index (Phi) is 2.97. The molecule has 1 aliphatic carbocycles. The monoisotopic (exact) mass is 206 g/mol. The highest BCUT2D eigenvalue weighted by molar-refractivity contribution is 5.92. The number of hydrogen-bond acceptors (Lipinski definition) is 3. The Morgan fingerprint density at radius 2 is 2.33 bits per heavy atom. The second-order valence-electron chi connectivity index (χ2n) is 3.79. The Hall–Kier alpha value is -1.42. The van der Waals surface area contributed by atoms with Crippen LogP contribution >= 0.6 is 0 Å². The molecule has 1 heterocycles. The van der Waals surface area contributed by atoms with Crippen LogP contribution in [0.4, 0.5) is 0 Å². The molecule has 1 aliphatic rings. The van der Waals surface area contributed by atoms with Crippen molar-refractivity contribution in [1.29, 1.82) is 0 Å². The van der Waals surface area contributed by atoms with Crippen LogP contribution in [0.3, 0.4) is 0 Å². The molecule has 80 valence electrons. The van der Waals surface area contributed by atoms with Gasteiger partial charge in [-0.15, -0.1) is 0 Å². The third-order valence-electron chi connectivity index (χ3n) is 2.69. The van der Waals surface area contributed by atoms with E-state index in [1.54, 1.807) is 24.4 Å². The summed E-state index contributed by atoms with van der Waals surface area (Å²) in [5, 5.41) is 12.3. The lowest BCUT2D eigenvalue weighted by atomic mass is 10.2. The summed E-state index contributed by atoms with van der Waals surface area (Å²) in [6.45, 7) is 0. The molecule has 2 rings (SSSR count). The summed E-state index contributed by atoms with van der Waals surface area (Å²) in [5.74, 6) is -0.207. The smallest absolute Gasteiger partial charge is 0.270 e. The van der Waals surface area contributed by atoms with Gasteiger partial charge in [0.1, 0.15) is 5.69 Å². The number of rotatable bonds is 2. The predicted octanol–water partition coefficient (Wildman–Crippen LogP) is 0.725. The maximum atomic E-state index is 11.7. The average molecular weight is 206 g/mol. The SMILES string of the molecule is O=C(N[C@@H]1CCC[C@@H]1O)c1ccccn1. The summed E-state index contributed by atoms with van der Waals surface area (Å²) in [4.78, 5) is 15.6. The van der Waals surface area contributed by atoms with E-state index in [0.29, 0.717) is 5.69 Å². The Bertz CT molecular complexity index is 340. The third kappa shape index (κ3) is 2.33. The Morgan fingerprint density at radius 3 is 2.93 bits per heavy atom. The van der Waals surface area contributed by atoms with Crippen molar-refractivity contribution in [2.24, 2.45) is 0 Å². The minimum absolute atomic E-state index is 0.112. The van der Waals surface area contributed by atoms with E-state index in [9.17, 15) is 9.90 Å². The molecule has 0 radical (unpaired) electrons. The number of aromatic nitrogens is 1. The fourth-order valence-corrected chi connectivity index (χ4v) is 1.85. The molecular formula is C11H14N2O2. The number of hydrogen-bond donors (Lipinski definition) is 2. The van der Waals surface area contributed by atoms with E-state index in [1.165, 1.54) is 0 Å². The Labute approximate surface area is 88.3 Å². The number of pyridine rings is 1. The number of nitrogens with zero attached hydrogens (tertiary/aromatic N) is 1. The van der Waals surface area contributed by atoms with E-state index in [-0.39, 0.29) is 11.9 Å². The standard InChI is InChI=1S/C11H14N2O2/c14-10-6-3-5-8(10)13-11(15)9-4-1-2-7-12-9/h1-2,4,7-8,10,14H,3,5-6H2,(H,13,15)/t8-,10+/m1/s1. The number of aliphatic hydroxyl groups is 1. The van der Waals surface area contributed by atoms with Gasteiger partial charge in [0.15, 0.2) is 0 Å². The summed E-state index contributed by atoms with van der Waals surface area (Å²) in [5.41, 5.74) is 0.400. The maximum absolute atomic E-state index is 11.7. The van der Waals surface area contributed by atoms with Gasteiger partial charge in [-0.25, -0.2) is 0 Å². The number of carbonyl (C=O) groups excluding carboxylic acids is 1. The number of aliphatic hydroxyl groups excluding tert-OH is 1. The lowest BCUT2D eigenvalue weighted by Gasteiger charge is -2.15. The van der Waals surface area contributed by atoms with Crippen LogP contribution in [0.2, 0.25) is 0 Å². The molecule has 15 heavy (non-hydrogen) atoms. The molecule has 4 heteroatoms. The highest BCUT2D eigenvalue weighted by Crippen LogP contribution is 2.18. The molecule has 0 spiro atoms. The highest BCUT2D eigenvalue weighted by atomic mass is 16.3. The van der Waals surface area contributed by atoms with Gasteiger partial charge in [-0.1, -0.05) is 6.07 Å². The van der Waals surface area contributed by atoms with Crippen molar-refractivity contribution in [3.05, 3.63) is 30.1 Å². The van der Waals surface area contributed by atoms with Crippen molar-refractivity contribution in [2.45, 2.75) is 31.4 Å². The van der Waals surface area contributed by atoms with Gasteiger partial charge in [-0.3, -0.25) is 9.78 Å². The van der Waals surface area contributed by atoms with Crippen LogP contribution in [0.25, 0.3) is 0 Å². The molecule has 2 atom stereocenters. The molecular weight excluding hydrogens is 192 g/mol. The molecule has 4 nitrogen and oxygen atoms in total. The quantitative estimate of drug-likeness (QED) is 0.749. The summed E-state index contributed by atoms with van der Waals surface area (Å²) in [6, 6.07) is 5.09. The first-order valence-electron chi connectivity index (χ1n) is 5.17. The largest absolute Gasteiger partial charge is 0.391 e. The summed E-state index contributed by atoms with van der Waals surface area (Å²) in [7, 11) is 0. The van der Waals surface area contributed by atoms with Crippen LogP contribution in [0.15, 0.2) is 24.4 Å². The van der Waals surface area contributed by atoms with E-state index >= 15 is 0 Å². The van der Waals surface area contributed by atoms with Crippen molar-refractivity contribution in [3.8, 4) is 0 Å². The van der Waals surface area contributed by atoms with E-state index in [2.05, 4.69) is 10.3 Å². The van der Waals surface area contributed by atoms with E-state index in [1.807, 2.05) is 0 Å². The van der Waals surface area contributed by atoms with Crippen molar-refractivity contribution < 1.29 is 9.90 Å². The van der Waals surface area contributed by atoms with Crippen molar-refractivity contribution >= 4 is 5.91 Å². The zero-order chi connectivity index (χ0) is 10.7. The zero-order valence-corrected chi connectivity index (χ0v) is 8.39. The van der Waals surface area contributed by atoms with Gasteiger partial charge < -0.3 is 10.4 Å². The molecule has 1 saturated carbocycles. The molecule has 0 aromatic carbocycles. The molecule has 1 fully saturated rings. The second-order valence-corrected chi connectivity index (χ2v) is 3.79. The molecule has 1 aromatic rings. The van der Waals surface area contributed by atoms with Gasteiger partial charge >= 0.3 is 0 Å². The molecule has 1 aromatic heterocycles. The Morgan fingerprint density at radius 1 is 1.47 bits per heavy atom. The normalized spacial score (nSPS) is 25.1. The summed E-state index contributed by atoms with van der Waals surface area (Å²) >= 11 is 0. The van der Waals surface area contributed by atoms with E-state index in [0.717, 1.165) is 19.3 Å². The molecule has 0 bridgehead atoms. The highest BCUT2D eigenvalue weighted by Gasteiger charge is 2.26. The van der Waals surface area contributed by atoms with Crippen LogP contribution < -0.4 is 5.32 Å². The van der Waals surface area contributed by atoms with E-state index in [4.69, 9.17) is 0 Å². The molecule has 0 unspecified atom stereocenters. The van der Waals surface area contributed by atoms with Crippen molar-refractivity contribution in [1.82, 2.24) is 10.3 Å². The maximum Gasteiger partial charge on any atom is 0.270 e. The van der Waals surface area contributed by atoms with Crippen LogP contribution in [0, 0.1) is 0 Å². The van der Waals surface area contributed by atoms with Gasteiger partial charge in [0, 0.05) is 6.20 Å². The zero-order valence-electron chi connectivity index (χ0n) is 8.39. The lowest BCUT2D eigenvalue weighted by Crippen LogP contribution is -2.40. The first-order valence-corrected chi connectivity index (χ1v) is 5.17. The fraction of sp³-hybridized carbons (Fsp3) is 0.455. The number of amides is 1. The topological polar surface area (TPSA) is 62.2 Å². The van der Waals surface area contributed by atoms with Crippen molar-refractivity contribution in [3.63, 3.8) is 0 Å². The summed E-state index contributed by atoms with van der Waals surface area (Å²) < 4.78 is 0. The van der Waals surface area contributed by atoms with Crippen molar-refractivity contribution in [2.75, 3.05) is 0 Å². The fourth-order valence-electron chi connectivity index (χ4n) is 1.85. The minimum Gasteiger partial charge on any atom is -0.391 e. The van der Waals surface area contributed by atoms with Crippen LogP contribution in [0.5, 0.6) is 0 Å². The van der Waals surface area contributed by atoms with Crippen LogP contribution in [-0.2, 0) is 0 Å². The Balaban J connectivity index is 1.98. The summed E-state index contributed by atoms with van der Waals surface area (Å²) in [6.07, 6.45) is 3.76.